The lowest BCUT2D eigenvalue weighted by molar-refractivity contribution is -0.123. The smallest absolute Gasteiger partial charge is 0.136 e. The normalized spacial score (nSPS) is 38.3. The van der Waals surface area contributed by atoms with Gasteiger partial charge in [-0.05, 0) is 32.1 Å². The molecule has 2 rings (SSSR count). The van der Waals surface area contributed by atoms with Crippen molar-refractivity contribution in [2.75, 3.05) is 0 Å². The van der Waals surface area contributed by atoms with Gasteiger partial charge in [0.15, 0.2) is 0 Å². The number of hydrogen-bond donors (Lipinski definition) is 0. The third kappa shape index (κ3) is 2.55. The van der Waals surface area contributed by atoms with Crippen molar-refractivity contribution in [3.63, 3.8) is 0 Å². The molecule has 2 unspecified atom stereocenters. The highest BCUT2D eigenvalue weighted by Crippen LogP contribution is 2.37. The van der Waals surface area contributed by atoms with Gasteiger partial charge in [0.1, 0.15) is 5.78 Å². The lowest BCUT2D eigenvalue weighted by atomic mass is 9.85. The Kier molecular flexibility index (Phi) is 4.17. The summed E-state index contributed by atoms with van der Waals surface area (Å²) in [5.74, 6) is 0.676. The van der Waals surface area contributed by atoms with E-state index < -0.39 is 10.8 Å². The highest BCUT2D eigenvalue weighted by atomic mass is 32.2. The molecule has 0 aromatic carbocycles. The number of carbonyl (C=O) groups is 1. The molecule has 2 nitrogen and oxygen atoms in total. The Morgan fingerprint density at radius 3 is 2.44 bits per heavy atom. The maximum absolute atomic E-state index is 12.0. The number of unbranched alkanes of at least 4 members (excludes halogenated alkanes) is 1. The van der Waals surface area contributed by atoms with Gasteiger partial charge in [-0.3, -0.25) is 9.00 Å². The van der Waals surface area contributed by atoms with Crippen LogP contribution in [0.1, 0.15) is 58.3 Å². The Balaban J connectivity index is 1.93. The topological polar surface area (TPSA) is 34.1 Å². The van der Waals surface area contributed by atoms with Crippen LogP contribution in [0.3, 0.4) is 0 Å². The number of ketones is 1. The average Bonchev–Trinajstić information content (AvgIpc) is 2.25. The first-order valence-corrected chi connectivity index (χ1v) is 7.92. The van der Waals surface area contributed by atoms with Crippen LogP contribution in [0.5, 0.6) is 0 Å². The van der Waals surface area contributed by atoms with Gasteiger partial charge in [0, 0.05) is 33.6 Å². The van der Waals surface area contributed by atoms with Crippen molar-refractivity contribution in [2.45, 2.75) is 68.8 Å². The van der Waals surface area contributed by atoms with E-state index >= 15 is 0 Å². The van der Waals surface area contributed by atoms with Crippen molar-refractivity contribution >= 4 is 16.6 Å². The maximum atomic E-state index is 12.0. The fraction of sp³-hybridized carbons (Fsp3) is 0.923. The average molecular weight is 242 g/mol. The molecule has 0 radical (unpaired) electrons. The van der Waals surface area contributed by atoms with Crippen LogP contribution in [0.2, 0.25) is 0 Å². The second-order valence-corrected chi connectivity index (χ2v) is 7.23. The van der Waals surface area contributed by atoms with E-state index in [9.17, 15) is 9.00 Å². The zero-order valence-electron chi connectivity index (χ0n) is 10.1. The van der Waals surface area contributed by atoms with Crippen LogP contribution in [-0.2, 0) is 15.6 Å². The predicted molar refractivity (Wildman–Crippen MR) is 66.8 cm³/mol. The van der Waals surface area contributed by atoms with E-state index in [0.29, 0.717) is 16.3 Å². The summed E-state index contributed by atoms with van der Waals surface area (Å²) in [6, 6.07) is 0. The zero-order valence-corrected chi connectivity index (χ0v) is 10.9. The van der Waals surface area contributed by atoms with E-state index in [4.69, 9.17) is 0 Å². The van der Waals surface area contributed by atoms with Crippen LogP contribution in [0.4, 0.5) is 0 Å². The third-order valence-electron chi connectivity index (χ3n) is 4.04. The molecule has 2 aliphatic heterocycles. The van der Waals surface area contributed by atoms with E-state index in [1.54, 1.807) is 0 Å². The molecule has 0 amide bonds. The molecule has 2 bridgehead atoms. The van der Waals surface area contributed by atoms with Gasteiger partial charge in [0.25, 0.3) is 0 Å². The van der Waals surface area contributed by atoms with Crippen molar-refractivity contribution in [3.05, 3.63) is 0 Å². The molecule has 16 heavy (non-hydrogen) atoms. The molecule has 3 heteroatoms. The molecule has 2 saturated heterocycles. The molecule has 0 N–H and O–H groups in total. The molecule has 0 saturated carbocycles. The van der Waals surface area contributed by atoms with Gasteiger partial charge >= 0.3 is 0 Å². The number of carbonyl (C=O) groups excluding carboxylic acids is 1. The fourth-order valence-electron chi connectivity index (χ4n) is 3.05. The number of Topliss-reactive ketones (excluding diaryl/α,β-unsaturated/α-hetero) is 1. The van der Waals surface area contributed by atoms with Crippen LogP contribution in [0.15, 0.2) is 0 Å². The fourth-order valence-corrected chi connectivity index (χ4v) is 5.24. The molecule has 0 spiro atoms. The highest BCUT2D eigenvalue weighted by Gasteiger charge is 2.39. The first-order valence-electron chi connectivity index (χ1n) is 6.64. The van der Waals surface area contributed by atoms with Gasteiger partial charge in [-0.1, -0.05) is 19.8 Å². The minimum Gasteiger partial charge on any atom is -0.299 e. The summed E-state index contributed by atoms with van der Waals surface area (Å²) in [4.78, 5) is 12.0. The molecule has 0 aliphatic carbocycles. The van der Waals surface area contributed by atoms with Crippen LogP contribution >= 0.6 is 0 Å². The predicted octanol–water partition coefficient (Wildman–Crippen LogP) is 2.83. The summed E-state index contributed by atoms with van der Waals surface area (Å²) in [5, 5.41) is 0.672. The maximum Gasteiger partial charge on any atom is 0.136 e. The molecule has 2 aliphatic rings. The summed E-state index contributed by atoms with van der Waals surface area (Å²) in [6.45, 7) is 2.12. The van der Waals surface area contributed by atoms with Crippen molar-refractivity contribution < 1.29 is 9.00 Å². The lowest BCUT2D eigenvalue weighted by Crippen LogP contribution is -2.41. The molecule has 0 aromatic rings. The molecule has 0 aromatic heterocycles. The van der Waals surface area contributed by atoms with Gasteiger partial charge in [-0.15, -0.1) is 0 Å². The van der Waals surface area contributed by atoms with E-state index in [1.807, 2.05) is 0 Å². The minimum atomic E-state index is -0.631. The van der Waals surface area contributed by atoms with Gasteiger partial charge < -0.3 is 0 Å². The van der Waals surface area contributed by atoms with Crippen molar-refractivity contribution in [2.24, 2.45) is 5.92 Å². The first kappa shape index (κ1) is 12.3. The Morgan fingerprint density at radius 1 is 1.25 bits per heavy atom. The van der Waals surface area contributed by atoms with Crippen LogP contribution in [-0.4, -0.2) is 20.5 Å². The first-order chi connectivity index (χ1) is 7.72. The van der Waals surface area contributed by atoms with Crippen molar-refractivity contribution in [3.8, 4) is 0 Å². The SMILES string of the molecule is CCCCC(=O)C1CC2CCCC(C1)S2=O. The Morgan fingerprint density at radius 2 is 1.88 bits per heavy atom. The van der Waals surface area contributed by atoms with E-state index in [0.717, 1.165) is 44.9 Å². The molecular weight excluding hydrogens is 220 g/mol. The second-order valence-electron chi connectivity index (χ2n) is 5.24. The molecular formula is C13H22O2S. The van der Waals surface area contributed by atoms with Crippen molar-refractivity contribution in [1.82, 2.24) is 0 Å². The minimum absolute atomic E-state index is 0.236. The number of fused-ring (bicyclic) bond motifs is 2. The zero-order chi connectivity index (χ0) is 11.5. The molecule has 2 atom stereocenters. The monoisotopic (exact) mass is 242 g/mol. The summed E-state index contributed by atoms with van der Waals surface area (Å²) in [7, 11) is -0.631. The Hall–Kier alpha value is -0.180. The number of rotatable bonds is 4. The third-order valence-corrected chi connectivity index (χ3v) is 6.21. The summed E-state index contributed by atoms with van der Waals surface area (Å²) >= 11 is 0. The largest absolute Gasteiger partial charge is 0.299 e. The molecule has 2 heterocycles. The Labute approximate surface area is 101 Å². The summed E-state index contributed by atoms with van der Waals surface area (Å²) in [5.41, 5.74) is 0. The van der Waals surface area contributed by atoms with E-state index in [-0.39, 0.29) is 5.92 Å². The van der Waals surface area contributed by atoms with Crippen LogP contribution in [0.25, 0.3) is 0 Å². The highest BCUT2D eigenvalue weighted by molar-refractivity contribution is 7.86. The standard InChI is InChI=1S/C13H22O2S/c1-2-3-7-13(14)10-8-11-5-4-6-12(9-10)16(11)15/h10-12H,2-9H2,1H3. The number of hydrogen-bond acceptors (Lipinski definition) is 2. The van der Waals surface area contributed by atoms with Crippen molar-refractivity contribution in [1.29, 1.82) is 0 Å². The van der Waals surface area contributed by atoms with Crippen LogP contribution in [0, 0.1) is 5.92 Å². The van der Waals surface area contributed by atoms with Gasteiger partial charge in [0.05, 0.1) is 0 Å². The quantitative estimate of drug-likeness (QED) is 0.759. The Bertz CT molecular complexity index is 272. The van der Waals surface area contributed by atoms with Gasteiger partial charge in [0.2, 0.25) is 0 Å². The lowest BCUT2D eigenvalue weighted by Gasteiger charge is -2.37. The summed E-state index contributed by atoms with van der Waals surface area (Å²) < 4.78 is 12.0. The van der Waals surface area contributed by atoms with E-state index in [1.165, 1.54) is 6.42 Å². The van der Waals surface area contributed by atoms with E-state index in [2.05, 4.69) is 6.92 Å². The van der Waals surface area contributed by atoms with Gasteiger partial charge in [-0.25, -0.2) is 0 Å². The molecule has 2 fully saturated rings. The van der Waals surface area contributed by atoms with Gasteiger partial charge in [-0.2, -0.15) is 0 Å². The summed E-state index contributed by atoms with van der Waals surface area (Å²) in [6.07, 6.45) is 8.06. The van der Waals surface area contributed by atoms with Crippen LogP contribution < -0.4 is 0 Å². The molecule has 92 valence electrons. The second kappa shape index (κ2) is 5.44.